The fraction of sp³-hybridized carbons (Fsp3) is 0.571. The first kappa shape index (κ1) is 16.7. The molecule has 0 bridgehead atoms. The van der Waals surface area contributed by atoms with E-state index < -0.39 is 15.6 Å². The maximum atomic E-state index is 12.6. The van der Waals surface area contributed by atoms with Gasteiger partial charge in [-0.1, -0.05) is 30.5 Å². The summed E-state index contributed by atoms with van der Waals surface area (Å²) in [6.45, 7) is 0.389. The van der Waals surface area contributed by atoms with Crippen molar-refractivity contribution in [3.05, 3.63) is 28.8 Å². The van der Waals surface area contributed by atoms with Crippen molar-refractivity contribution in [3.8, 4) is 0 Å². The van der Waals surface area contributed by atoms with E-state index in [2.05, 4.69) is 0 Å². The van der Waals surface area contributed by atoms with E-state index in [0.29, 0.717) is 19.4 Å². The van der Waals surface area contributed by atoms with E-state index in [1.807, 2.05) is 0 Å². The molecule has 5 nitrogen and oxygen atoms in total. The lowest BCUT2D eigenvalue weighted by Gasteiger charge is -2.28. The first-order valence-corrected chi connectivity index (χ1v) is 8.77. The Bertz CT molecular complexity index is 613. The highest BCUT2D eigenvalue weighted by atomic mass is 35.5. The summed E-state index contributed by atoms with van der Waals surface area (Å²) in [7, 11) is -2.25. The number of likely N-dealkylation sites (N-methyl/N-ethyl adjacent to an activating group) is 1. The van der Waals surface area contributed by atoms with Crippen LogP contribution in [0.15, 0.2) is 23.1 Å². The van der Waals surface area contributed by atoms with Crippen LogP contribution in [-0.2, 0) is 16.6 Å². The van der Waals surface area contributed by atoms with Crippen LogP contribution in [-0.4, -0.2) is 37.0 Å². The molecule has 21 heavy (non-hydrogen) atoms. The normalized spacial score (nSPS) is 18.3. The summed E-state index contributed by atoms with van der Waals surface area (Å²) in [6, 6.07) is 4.68. The van der Waals surface area contributed by atoms with Crippen molar-refractivity contribution in [2.75, 3.05) is 13.6 Å². The molecule has 3 N–H and O–H groups in total. The Kier molecular flexibility index (Phi) is 4.95. The van der Waals surface area contributed by atoms with Crippen molar-refractivity contribution in [1.82, 2.24) is 4.31 Å². The van der Waals surface area contributed by atoms with Gasteiger partial charge in [0.2, 0.25) is 10.0 Å². The van der Waals surface area contributed by atoms with E-state index in [1.54, 1.807) is 12.1 Å². The minimum Gasteiger partial charge on any atom is -0.389 e. The lowest BCUT2D eigenvalue weighted by Crippen LogP contribution is -2.42. The molecule has 0 radical (unpaired) electrons. The van der Waals surface area contributed by atoms with Gasteiger partial charge in [-0.05, 0) is 30.5 Å². The molecule has 2 rings (SSSR count). The van der Waals surface area contributed by atoms with Gasteiger partial charge in [0.05, 0.1) is 10.6 Å². The minimum atomic E-state index is -3.72. The topological polar surface area (TPSA) is 83.6 Å². The van der Waals surface area contributed by atoms with E-state index in [0.717, 1.165) is 18.4 Å². The Morgan fingerprint density at radius 3 is 2.52 bits per heavy atom. The number of sulfonamides is 1. The molecule has 1 aliphatic rings. The predicted molar refractivity (Wildman–Crippen MR) is 82.6 cm³/mol. The SMILES string of the molecule is CN(CC1(O)CCCC1)S(=O)(=O)c1ccc(CN)cc1Cl. The monoisotopic (exact) mass is 332 g/mol. The van der Waals surface area contributed by atoms with Crippen LogP contribution in [0, 0.1) is 0 Å². The number of hydrogen-bond donors (Lipinski definition) is 2. The van der Waals surface area contributed by atoms with Crippen LogP contribution in [0.5, 0.6) is 0 Å². The second-order valence-electron chi connectivity index (χ2n) is 5.66. The van der Waals surface area contributed by atoms with E-state index in [9.17, 15) is 13.5 Å². The molecular formula is C14H21ClN2O3S. The molecule has 118 valence electrons. The van der Waals surface area contributed by atoms with Gasteiger partial charge in [-0.15, -0.1) is 0 Å². The summed E-state index contributed by atoms with van der Waals surface area (Å²) >= 11 is 6.06. The third-order valence-electron chi connectivity index (χ3n) is 3.97. The average Bonchev–Trinajstić information content (AvgIpc) is 2.84. The molecule has 0 saturated heterocycles. The van der Waals surface area contributed by atoms with Crippen LogP contribution in [0.1, 0.15) is 31.2 Å². The maximum Gasteiger partial charge on any atom is 0.244 e. The molecular weight excluding hydrogens is 312 g/mol. The quantitative estimate of drug-likeness (QED) is 0.860. The fourth-order valence-electron chi connectivity index (χ4n) is 2.74. The van der Waals surface area contributed by atoms with Gasteiger partial charge in [0, 0.05) is 20.1 Å². The van der Waals surface area contributed by atoms with Gasteiger partial charge in [-0.3, -0.25) is 0 Å². The Labute approximate surface area is 130 Å². The zero-order chi connectivity index (χ0) is 15.7. The van der Waals surface area contributed by atoms with Crippen molar-refractivity contribution in [2.45, 2.75) is 42.7 Å². The van der Waals surface area contributed by atoms with Crippen LogP contribution < -0.4 is 5.73 Å². The number of aliphatic hydroxyl groups is 1. The molecule has 0 atom stereocenters. The number of hydrogen-bond acceptors (Lipinski definition) is 4. The van der Waals surface area contributed by atoms with E-state index in [-0.39, 0.29) is 16.5 Å². The number of halogens is 1. The average molecular weight is 333 g/mol. The van der Waals surface area contributed by atoms with Gasteiger partial charge < -0.3 is 10.8 Å². The Balaban J connectivity index is 2.24. The van der Waals surface area contributed by atoms with Crippen molar-refractivity contribution in [1.29, 1.82) is 0 Å². The maximum absolute atomic E-state index is 12.6. The number of benzene rings is 1. The van der Waals surface area contributed by atoms with Gasteiger partial charge in [-0.25, -0.2) is 8.42 Å². The molecule has 1 aromatic carbocycles. The van der Waals surface area contributed by atoms with Crippen molar-refractivity contribution in [3.63, 3.8) is 0 Å². The largest absolute Gasteiger partial charge is 0.389 e. The highest BCUT2D eigenvalue weighted by Gasteiger charge is 2.36. The third kappa shape index (κ3) is 3.57. The lowest BCUT2D eigenvalue weighted by atomic mass is 10.0. The minimum absolute atomic E-state index is 0.0467. The summed E-state index contributed by atoms with van der Waals surface area (Å²) in [6.07, 6.45) is 3.12. The zero-order valence-electron chi connectivity index (χ0n) is 12.0. The van der Waals surface area contributed by atoms with E-state index in [4.69, 9.17) is 17.3 Å². The van der Waals surface area contributed by atoms with Crippen LogP contribution in [0.4, 0.5) is 0 Å². The van der Waals surface area contributed by atoms with Gasteiger partial charge in [0.25, 0.3) is 0 Å². The van der Waals surface area contributed by atoms with E-state index >= 15 is 0 Å². The number of nitrogens with zero attached hydrogens (tertiary/aromatic N) is 1. The smallest absolute Gasteiger partial charge is 0.244 e. The molecule has 0 spiro atoms. The predicted octanol–water partition coefficient (Wildman–Crippen LogP) is 1.72. The zero-order valence-corrected chi connectivity index (χ0v) is 13.6. The standard InChI is InChI=1S/C14H21ClN2O3S/c1-17(10-14(18)6-2-3-7-14)21(19,20)13-5-4-11(9-16)8-12(13)15/h4-5,8,18H,2-3,6-7,9-10,16H2,1H3. The summed E-state index contributed by atoms with van der Waals surface area (Å²) in [5.41, 5.74) is 5.36. The Morgan fingerprint density at radius 2 is 2.00 bits per heavy atom. The first-order valence-electron chi connectivity index (χ1n) is 6.96. The molecule has 1 saturated carbocycles. The molecule has 0 unspecified atom stereocenters. The molecule has 7 heteroatoms. The van der Waals surface area contributed by atoms with E-state index in [1.165, 1.54) is 17.4 Å². The number of rotatable bonds is 5. The molecule has 0 amide bonds. The molecule has 1 fully saturated rings. The van der Waals surface area contributed by atoms with Gasteiger partial charge in [0.15, 0.2) is 0 Å². The first-order chi connectivity index (χ1) is 9.78. The second kappa shape index (κ2) is 6.22. The van der Waals surface area contributed by atoms with Gasteiger partial charge in [-0.2, -0.15) is 4.31 Å². The summed E-state index contributed by atoms with van der Waals surface area (Å²) in [5, 5.41) is 10.5. The lowest BCUT2D eigenvalue weighted by molar-refractivity contribution is 0.0333. The Hall–Kier alpha value is -0.660. The number of nitrogens with two attached hydrogens (primary N) is 1. The molecule has 1 aromatic rings. The summed E-state index contributed by atoms with van der Waals surface area (Å²) in [5.74, 6) is 0. The van der Waals surface area contributed by atoms with Crippen LogP contribution in [0.2, 0.25) is 5.02 Å². The molecule has 0 aromatic heterocycles. The fourth-order valence-corrected chi connectivity index (χ4v) is 4.53. The molecule has 0 heterocycles. The van der Waals surface area contributed by atoms with Crippen LogP contribution >= 0.6 is 11.6 Å². The highest BCUT2D eigenvalue weighted by molar-refractivity contribution is 7.89. The van der Waals surface area contributed by atoms with Gasteiger partial charge >= 0.3 is 0 Å². The van der Waals surface area contributed by atoms with Crippen molar-refractivity contribution >= 4 is 21.6 Å². The van der Waals surface area contributed by atoms with Crippen LogP contribution in [0.25, 0.3) is 0 Å². The molecule has 1 aliphatic carbocycles. The Morgan fingerprint density at radius 1 is 1.38 bits per heavy atom. The third-order valence-corrected chi connectivity index (χ3v) is 6.26. The van der Waals surface area contributed by atoms with Crippen molar-refractivity contribution in [2.24, 2.45) is 5.73 Å². The van der Waals surface area contributed by atoms with Crippen LogP contribution in [0.3, 0.4) is 0 Å². The van der Waals surface area contributed by atoms with Crippen molar-refractivity contribution < 1.29 is 13.5 Å². The van der Waals surface area contributed by atoms with Gasteiger partial charge in [0.1, 0.15) is 4.90 Å². The summed E-state index contributed by atoms with van der Waals surface area (Å²) < 4.78 is 26.3. The second-order valence-corrected chi connectivity index (χ2v) is 8.08. The summed E-state index contributed by atoms with van der Waals surface area (Å²) in [4.78, 5) is 0.0467. The highest BCUT2D eigenvalue weighted by Crippen LogP contribution is 2.32. The molecule has 0 aliphatic heterocycles.